The van der Waals surface area contributed by atoms with Gasteiger partial charge in [0.15, 0.2) is 0 Å². The predicted molar refractivity (Wildman–Crippen MR) is 98.0 cm³/mol. The van der Waals surface area contributed by atoms with Crippen LogP contribution in [0.5, 0.6) is 0 Å². The molecule has 0 unspecified atom stereocenters. The highest BCUT2D eigenvalue weighted by molar-refractivity contribution is 5.14. The van der Waals surface area contributed by atoms with Crippen molar-refractivity contribution in [3.63, 3.8) is 0 Å². The smallest absolute Gasteiger partial charge is 0.0205 e. The highest BCUT2D eigenvalue weighted by atomic mass is 14.9. The molecule has 0 fully saturated rings. The van der Waals surface area contributed by atoms with Crippen LogP contribution in [0.2, 0.25) is 0 Å². The average molecular weight is 306 g/mol. The fourth-order valence-electron chi connectivity index (χ4n) is 1.82. The molecule has 0 aromatic heterocycles. The Morgan fingerprint density at radius 2 is 1.45 bits per heavy atom. The Bertz CT molecular complexity index is 327. The van der Waals surface area contributed by atoms with E-state index in [0.29, 0.717) is 0 Å². The number of nitrogens with two attached hydrogens (primary N) is 1. The maximum absolute atomic E-state index is 5.42. The van der Waals surface area contributed by atoms with Gasteiger partial charge in [-0.25, -0.2) is 0 Å². The summed E-state index contributed by atoms with van der Waals surface area (Å²) in [6.07, 6.45) is 3.97. The van der Waals surface area contributed by atoms with E-state index in [1.54, 1.807) is 6.08 Å². The van der Waals surface area contributed by atoms with Crippen LogP contribution in [-0.4, -0.2) is 39.3 Å². The van der Waals surface area contributed by atoms with E-state index in [4.69, 9.17) is 5.73 Å². The number of allylic oxidation sites excluding steroid dienone is 1. The van der Waals surface area contributed by atoms with Crippen molar-refractivity contribution < 1.29 is 0 Å². The summed E-state index contributed by atoms with van der Waals surface area (Å²) in [5, 5.41) is 10.2. The molecule has 0 radical (unpaired) electrons. The van der Waals surface area contributed by atoms with E-state index < -0.39 is 0 Å². The Morgan fingerprint density at radius 3 is 2.05 bits per heavy atom. The lowest BCUT2D eigenvalue weighted by Crippen LogP contribution is -2.30. The molecule has 0 saturated heterocycles. The fraction of sp³-hybridized carbons (Fsp3) is 0.556. The third-order valence-electron chi connectivity index (χ3n) is 2.92. The maximum atomic E-state index is 5.42. The van der Waals surface area contributed by atoms with Crippen LogP contribution >= 0.6 is 0 Å². The average Bonchev–Trinajstić information content (AvgIpc) is 2.54. The highest BCUT2D eigenvalue weighted by Crippen LogP contribution is 1.96. The Hall–Kier alpha value is -1.20. The fourth-order valence-corrected chi connectivity index (χ4v) is 1.82. The molecule has 1 aromatic rings. The number of hydrogen-bond donors (Lipinski definition) is 4. The summed E-state index contributed by atoms with van der Waals surface area (Å²) in [4.78, 5) is 0. The van der Waals surface area contributed by atoms with E-state index in [1.807, 2.05) is 6.92 Å². The van der Waals surface area contributed by atoms with Gasteiger partial charge in [-0.2, -0.15) is 0 Å². The second-order valence-electron chi connectivity index (χ2n) is 5.07. The molecule has 0 bridgehead atoms. The van der Waals surface area contributed by atoms with Crippen LogP contribution in [0.4, 0.5) is 0 Å². The van der Waals surface area contributed by atoms with Gasteiger partial charge in [0.2, 0.25) is 0 Å². The van der Waals surface area contributed by atoms with Crippen molar-refractivity contribution in [2.45, 2.75) is 26.3 Å². The van der Waals surface area contributed by atoms with E-state index in [0.717, 1.165) is 58.7 Å². The Balaban J connectivity index is 0.00000135. The van der Waals surface area contributed by atoms with Crippen molar-refractivity contribution in [1.29, 1.82) is 0 Å². The monoisotopic (exact) mass is 306 g/mol. The van der Waals surface area contributed by atoms with Gasteiger partial charge in [-0.3, -0.25) is 0 Å². The Morgan fingerprint density at radius 1 is 0.909 bits per heavy atom. The number of benzene rings is 1. The zero-order chi connectivity index (χ0) is 16.3. The van der Waals surface area contributed by atoms with Crippen LogP contribution < -0.4 is 21.7 Å². The summed E-state index contributed by atoms with van der Waals surface area (Å²) >= 11 is 0. The van der Waals surface area contributed by atoms with E-state index in [2.05, 4.69) is 52.9 Å². The molecule has 1 aromatic carbocycles. The molecular formula is C18H34N4. The van der Waals surface area contributed by atoms with Gasteiger partial charge in [0.05, 0.1) is 0 Å². The zero-order valence-corrected chi connectivity index (χ0v) is 14.1. The lowest BCUT2D eigenvalue weighted by Gasteiger charge is -2.07. The number of nitrogens with one attached hydrogen (secondary N) is 3. The van der Waals surface area contributed by atoms with Crippen LogP contribution in [0.3, 0.4) is 0 Å². The SMILES string of the molecule is C=CC.NCCCNCCNCCCNCc1ccccc1. The van der Waals surface area contributed by atoms with Crippen LogP contribution in [0, 0.1) is 0 Å². The van der Waals surface area contributed by atoms with Gasteiger partial charge >= 0.3 is 0 Å². The Labute approximate surface area is 136 Å². The summed E-state index contributed by atoms with van der Waals surface area (Å²) in [5.74, 6) is 0. The van der Waals surface area contributed by atoms with Crippen molar-refractivity contribution in [2.75, 3.05) is 39.3 Å². The van der Waals surface area contributed by atoms with E-state index in [-0.39, 0.29) is 0 Å². The summed E-state index contributed by atoms with van der Waals surface area (Å²) in [5.41, 5.74) is 6.76. The van der Waals surface area contributed by atoms with Crippen LogP contribution in [0.25, 0.3) is 0 Å². The second kappa shape index (κ2) is 17.9. The summed E-state index contributed by atoms with van der Waals surface area (Å²) < 4.78 is 0. The minimum atomic E-state index is 0.771. The first-order valence-corrected chi connectivity index (χ1v) is 8.28. The summed E-state index contributed by atoms with van der Waals surface area (Å²) in [7, 11) is 0. The topological polar surface area (TPSA) is 62.1 Å². The molecule has 0 heterocycles. The molecular weight excluding hydrogens is 272 g/mol. The predicted octanol–water partition coefficient (Wildman–Crippen LogP) is 1.89. The molecule has 0 spiro atoms. The molecule has 0 aliphatic heterocycles. The third kappa shape index (κ3) is 15.2. The van der Waals surface area contributed by atoms with Crippen molar-refractivity contribution in [3.8, 4) is 0 Å². The van der Waals surface area contributed by atoms with Crippen LogP contribution in [0.1, 0.15) is 25.3 Å². The van der Waals surface area contributed by atoms with Gasteiger partial charge in [-0.05, 0) is 51.5 Å². The van der Waals surface area contributed by atoms with Gasteiger partial charge in [0.25, 0.3) is 0 Å². The highest BCUT2D eigenvalue weighted by Gasteiger charge is 1.91. The zero-order valence-electron chi connectivity index (χ0n) is 14.1. The Kier molecular flexibility index (Phi) is 16.9. The lowest BCUT2D eigenvalue weighted by molar-refractivity contribution is 0.568. The summed E-state index contributed by atoms with van der Waals surface area (Å²) in [6.45, 7) is 12.2. The standard InChI is InChI=1S/C15H28N4.C3H6/c16-8-4-9-17-12-13-18-10-5-11-19-14-15-6-2-1-3-7-15;1-3-2/h1-3,6-7,17-19H,4-5,8-14,16H2;3H,1H2,2H3. The normalized spacial score (nSPS) is 9.91. The molecule has 1 rings (SSSR count). The van der Waals surface area contributed by atoms with Crippen molar-refractivity contribution >= 4 is 0 Å². The van der Waals surface area contributed by atoms with E-state index in [1.165, 1.54) is 5.56 Å². The molecule has 5 N–H and O–H groups in total. The van der Waals surface area contributed by atoms with Crippen molar-refractivity contribution in [1.82, 2.24) is 16.0 Å². The van der Waals surface area contributed by atoms with Crippen LogP contribution in [0.15, 0.2) is 43.0 Å². The quantitative estimate of drug-likeness (QED) is 0.352. The minimum Gasteiger partial charge on any atom is -0.330 e. The summed E-state index contributed by atoms with van der Waals surface area (Å²) in [6, 6.07) is 10.5. The van der Waals surface area contributed by atoms with E-state index >= 15 is 0 Å². The molecule has 22 heavy (non-hydrogen) atoms. The first kappa shape index (κ1) is 20.8. The molecule has 4 nitrogen and oxygen atoms in total. The molecule has 0 atom stereocenters. The van der Waals surface area contributed by atoms with Crippen molar-refractivity contribution in [2.24, 2.45) is 5.73 Å². The number of rotatable bonds is 12. The van der Waals surface area contributed by atoms with Gasteiger partial charge in [0.1, 0.15) is 0 Å². The van der Waals surface area contributed by atoms with Gasteiger partial charge in [0, 0.05) is 19.6 Å². The minimum absolute atomic E-state index is 0.771. The van der Waals surface area contributed by atoms with Gasteiger partial charge in [-0.1, -0.05) is 36.4 Å². The van der Waals surface area contributed by atoms with Gasteiger partial charge < -0.3 is 21.7 Å². The molecule has 0 saturated carbocycles. The third-order valence-corrected chi connectivity index (χ3v) is 2.92. The first-order valence-electron chi connectivity index (χ1n) is 8.28. The molecule has 0 aliphatic carbocycles. The number of hydrogen-bond acceptors (Lipinski definition) is 4. The first-order chi connectivity index (χ1) is 10.8. The largest absolute Gasteiger partial charge is 0.330 e. The van der Waals surface area contributed by atoms with Crippen molar-refractivity contribution in [3.05, 3.63) is 48.6 Å². The maximum Gasteiger partial charge on any atom is 0.0205 e. The second-order valence-corrected chi connectivity index (χ2v) is 5.07. The molecule has 4 heteroatoms. The van der Waals surface area contributed by atoms with E-state index in [9.17, 15) is 0 Å². The lowest BCUT2D eigenvalue weighted by atomic mass is 10.2. The van der Waals surface area contributed by atoms with Gasteiger partial charge in [-0.15, -0.1) is 6.58 Å². The van der Waals surface area contributed by atoms with Crippen LogP contribution in [-0.2, 0) is 6.54 Å². The molecule has 0 aliphatic rings. The molecule has 126 valence electrons. The molecule has 0 amide bonds.